The van der Waals surface area contributed by atoms with Gasteiger partial charge in [-0.1, -0.05) is 85.2 Å². The molecule has 0 unspecified atom stereocenters. The molecule has 31 heavy (non-hydrogen) atoms. The first kappa shape index (κ1) is 20.4. The first-order chi connectivity index (χ1) is 14.6. The Morgan fingerprint density at radius 3 is 2.10 bits per heavy atom. The summed E-state index contributed by atoms with van der Waals surface area (Å²) in [5.41, 5.74) is 6.04. The summed E-state index contributed by atoms with van der Waals surface area (Å²) in [6, 6.07) is 21.6. The minimum atomic E-state index is -0.112. The quantitative estimate of drug-likeness (QED) is 0.281. The van der Waals surface area contributed by atoms with Crippen LogP contribution in [0, 0.1) is 5.41 Å². The van der Waals surface area contributed by atoms with Crippen molar-refractivity contribution in [3.63, 3.8) is 0 Å². The zero-order valence-corrected chi connectivity index (χ0v) is 20.4. The predicted octanol–water partition coefficient (Wildman–Crippen LogP) is 9.14. The summed E-state index contributed by atoms with van der Waals surface area (Å²) < 4.78 is 7.72. The highest BCUT2D eigenvalue weighted by Crippen LogP contribution is 2.55. The Kier molecular flexibility index (Phi) is 4.60. The molecule has 0 saturated carbocycles. The minimum absolute atomic E-state index is 0.112. The molecular weight excluding hydrogens is 446 g/mol. The Hall–Kier alpha value is -2.52. The summed E-state index contributed by atoms with van der Waals surface area (Å²) in [7, 11) is 0. The Morgan fingerprint density at radius 1 is 0.806 bits per heavy atom. The van der Waals surface area contributed by atoms with Gasteiger partial charge in [-0.3, -0.25) is 0 Å². The van der Waals surface area contributed by atoms with Crippen LogP contribution in [0.15, 0.2) is 69.6 Å². The molecule has 0 amide bonds. The molecule has 158 valence electrons. The van der Waals surface area contributed by atoms with E-state index in [0.29, 0.717) is 0 Å². The van der Waals surface area contributed by atoms with Crippen molar-refractivity contribution >= 4 is 32.6 Å². The Morgan fingerprint density at radius 2 is 1.45 bits per heavy atom. The van der Waals surface area contributed by atoms with Crippen molar-refractivity contribution in [2.24, 2.45) is 5.41 Å². The van der Waals surface area contributed by atoms with Gasteiger partial charge in [0.2, 0.25) is 5.88 Å². The molecule has 1 aliphatic rings. The van der Waals surface area contributed by atoms with Crippen LogP contribution in [0.25, 0.3) is 44.3 Å². The third-order valence-electron chi connectivity index (χ3n) is 5.88. The van der Waals surface area contributed by atoms with E-state index in [2.05, 4.69) is 117 Å². The monoisotopic (exact) mass is 473 g/mol. The summed E-state index contributed by atoms with van der Waals surface area (Å²) in [4.78, 5) is 0. The van der Waals surface area contributed by atoms with E-state index in [4.69, 9.17) is 4.42 Å². The molecule has 1 heterocycles. The van der Waals surface area contributed by atoms with Crippen LogP contribution < -0.4 is 5.32 Å². The highest BCUT2D eigenvalue weighted by atomic mass is 79.9. The molecule has 5 rings (SSSR count). The van der Waals surface area contributed by atoms with Gasteiger partial charge < -0.3 is 9.73 Å². The largest absolute Gasteiger partial charge is 0.439 e. The molecule has 1 aromatic heterocycles. The highest BCUT2D eigenvalue weighted by Gasteiger charge is 2.34. The number of halogens is 1. The van der Waals surface area contributed by atoms with Crippen LogP contribution in [0.1, 0.15) is 41.0 Å². The van der Waals surface area contributed by atoms with Crippen LogP contribution in [0.2, 0.25) is 0 Å². The lowest BCUT2D eigenvalue weighted by molar-refractivity contribution is 0.299. The van der Waals surface area contributed by atoms with Crippen molar-refractivity contribution < 1.29 is 4.42 Å². The smallest absolute Gasteiger partial charge is 0.202 e. The zero-order chi connectivity index (χ0) is 22.0. The topological polar surface area (TPSA) is 25.2 Å². The first-order valence-electron chi connectivity index (χ1n) is 10.9. The molecule has 0 radical (unpaired) electrons. The molecule has 0 aliphatic heterocycles. The van der Waals surface area contributed by atoms with Crippen molar-refractivity contribution in [1.29, 1.82) is 0 Å². The molecule has 0 saturated heterocycles. The van der Waals surface area contributed by atoms with Gasteiger partial charge in [-0.15, -0.1) is 0 Å². The molecule has 2 nitrogen and oxygen atoms in total. The molecule has 1 aliphatic carbocycles. The summed E-state index contributed by atoms with van der Waals surface area (Å²) >= 11 is 3.58. The third-order valence-corrected chi connectivity index (χ3v) is 6.41. The fourth-order valence-electron chi connectivity index (χ4n) is 5.27. The van der Waals surface area contributed by atoms with Crippen LogP contribution in [0.5, 0.6) is 0 Å². The van der Waals surface area contributed by atoms with Gasteiger partial charge in [0.1, 0.15) is 5.76 Å². The van der Waals surface area contributed by atoms with Crippen LogP contribution in [0.4, 0.5) is 5.88 Å². The number of anilines is 1. The van der Waals surface area contributed by atoms with Gasteiger partial charge in [-0.2, -0.15) is 0 Å². The second kappa shape index (κ2) is 7.00. The average molecular weight is 474 g/mol. The van der Waals surface area contributed by atoms with Gasteiger partial charge in [-0.05, 0) is 54.3 Å². The Bertz CT molecular complexity index is 1280. The average Bonchev–Trinajstić information content (AvgIpc) is 3.17. The number of benzene rings is 3. The maximum atomic E-state index is 6.64. The number of hydrogen-bond donors (Lipinski definition) is 1. The normalized spacial score (nSPS) is 13.0. The van der Waals surface area contributed by atoms with Crippen molar-refractivity contribution in [3.8, 4) is 33.6 Å². The minimum Gasteiger partial charge on any atom is -0.439 e. The van der Waals surface area contributed by atoms with E-state index >= 15 is 0 Å². The van der Waals surface area contributed by atoms with Crippen molar-refractivity contribution in [2.45, 2.75) is 46.6 Å². The summed E-state index contributed by atoms with van der Waals surface area (Å²) in [6.45, 7) is 11.4. The Labute approximate surface area is 192 Å². The summed E-state index contributed by atoms with van der Waals surface area (Å²) in [5, 5.41) is 6.32. The Balaban J connectivity index is 1.73. The predicted molar refractivity (Wildman–Crippen MR) is 136 cm³/mol. The second-order valence-corrected chi connectivity index (χ2v) is 11.4. The lowest BCUT2D eigenvalue weighted by atomic mass is 9.81. The molecule has 0 atom stereocenters. The molecule has 3 heteroatoms. The van der Waals surface area contributed by atoms with Gasteiger partial charge in [-0.25, -0.2) is 0 Å². The molecule has 0 bridgehead atoms. The van der Waals surface area contributed by atoms with Gasteiger partial charge in [0, 0.05) is 26.5 Å². The lowest BCUT2D eigenvalue weighted by Gasteiger charge is -2.33. The maximum absolute atomic E-state index is 6.64. The highest BCUT2D eigenvalue weighted by molar-refractivity contribution is 9.10. The second-order valence-electron chi connectivity index (χ2n) is 10.5. The maximum Gasteiger partial charge on any atom is 0.202 e. The van der Waals surface area contributed by atoms with E-state index in [-0.39, 0.29) is 11.0 Å². The fraction of sp³-hybridized carbons (Fsp3) is 0.286. The van der Waals surface area contributed by atoms with E-state index in [1.165, 1.54) is 27.5 Å². The number of fused-ring (bicyclic) bond motifs is 3. The molecule has 4 aromatic rings. The standard InChI is InChI=1S/C28H28BrNO/c1-27(2,3)16-28(4,5)30-26-23(18-12-14-19(29)15-13-18)24-20-10-6-8-17-9-7-11-21(22(17)20)25(24)31-26/h6-15,30H,16H2,1-5H3. The van der Waals surface area contributed by atoms with Crippen molar-refractivity contribution in [3.05, 3.63) is 65.1 Å². The van der Waals surface area contributed by atoms with E-state index in [1.807, 2.05) is 0 Å². The molecular formula is C28H28BrNO. The summed E-state index contributed by atoms with van der Waals surface area (Å²) in [5.74, 6) is 1.83. The lowest BCUT2D eigenvalue weighted by Crippen LogP contribution is -2.35. The van der Waals surface area contributed by atoms with Gasteiger partial charge >= 0.3 is 0 Å². The van der Waals surface area contributed by atoms with Crippen LogP contribution >= 0.6 is 15.9 Å². The SMILES string of the molecule is CC(C)(C)CC(C)(C)Nc1oc2c(c1-c1ccc(Br)cc1)-c1cccc3cccc-2c13. The van der Waals surface area contributed by atoms with E-state index in [1.54, 1.807) is 0 Å². The van der Waals surface area contributed by atoms with E-state index in [0.717, 1.165) is 33.7 Å². The molecule has 0 fully saturated rings. The first-order valence-corrected chi connectivity index (χ1v) is 11.7. The van der Waals surface area contributed by atoms with Crippen molar-refractivity contribution in [1.82, 2.24) is 0 Å². The zero-order valence-electron chi connectivity index (χ0n) is 18.8. The van der Waals surface area contributed by atoms with Crippen LogP contribution in [0.3, 0.4) is 0 Å². The van der Waals surface area contributed by atoms with Crippen LogP contribution in [-0.4, -0.2) is 5.54 Å². The van der Waals surface area contributed by atoms with Crippen molar-refractivity contribution in [2.75, 3.05) is 5.32 Å². The summed E-state index contributed by atoms with van der Waals surface area (Å²) in [6.07, 6.45) is 1.03. The number of hydrogen-bond acceptors (Lipinski definition) is 2. The van der Waals surface area contributed by atoms with Crippen LogP contribution in [-0.2, 0) is 0 Å². The molecule has 3 aromatic carbocycles. The third kappa shape index (κ3) is 3.59. The van der Waals surface area contributed by atoms with E-state index in [9.17, 15) is 0 Å². The van der Waals surface area contributed by atoms with E-state index < -0.39 is 0 Å². The van der Waals surface area contributed by atoms with Gasteiger partial charge in [0.15, 0.2) is 0 Å². The fourth-order valence-corrected chi connectivity index (χ4v) is 5.54. The molecule has 1 N–H and O–H groups in total. The molecule has 0 spiro atoms. The number of nitrogens with one attached hydrogen (secondary N) is 1. The number of rotatable bonds is 4. The van der Waals surface area contributed by atoms with Gasteiger partial charge in [0.05, 0.1) is 5.56 Å². The number of furan rings is 1. The van der Waals surface area contributed by atoms with Gasteiger partial charge in [0.25, 0.3) is 0 Å².